The highest BCUT2D eigenvalue weighted by molar-refractivity contribution is 5.94. The summed E-state index contributed by atoms with van der Waals surface area (Å²) in [4.78, 5) is 31.6. The van der Waals surface area contributed by atoms with E-state index < -0.39 is 0 Å². The number of hydrogen-bond acceptors (Lipinski definition) is 5. The van der Waals surface area contributed by atoms with Crippen molar-refractivity contribution in [2.45, 2.75) is 26.3 Å². The maximum Gasteiger partial charge on any atom is 0.410 e. The molecule has 2 aromatic rings. The lowest BCUT2D eigenvalue weighted by Gasteiger charge is -2.34. The normalized spacial score (nSPS) is 19.0. The Bertz CT molecular complexity index is 1070. The van der Waals surface area contributed by atoms with E-state index in [2.05, 4.69) is 24.1 Å². The van der Waals surface area contributed by atoms with Gasteiger partial charge in [0.25, 0.3) is 5.91 Å². The number of nitrogen functional groups attached to an aromatic ring is 1. The monoisotopic (exact) mass is 462 g/mol. The van der Waals surface area contributed by atoms with E-state index in [9.17, 15) is 9.59 Å². The zero-order valence-corrected chi connectivity index (χ0v) is 20.3. The molecule has 0 aromatic heterocycles. The lowest BCUT2D eigenvalue weighted by Crippen LogP contribution is -2.47. The largest absolute Gasteiger partial charge is 0.450 e. The summed E-state index contributed by atoms with van der Waals surface area (Å²) in [5.74, 6) is 0.0503. The third-order valence-electron chi connectivity index (χ3n) is 6.66. The van der Waals surface area contributed by atoms with Crippen LogP contribution in [0.25, 0.3) is 5.57 Å². The first-order chi connectivity index (χ1) is 16.4. The number of benzene rings is 2. The molecule has 2 amide bonds. The molecule has 0 saturated carbocycles. The van der Waals surface area contributed by atoms with Crippen molar-refractivity contribution in [2.24, 2.45) is 0 Å². The van der Waals surface area contributed by atoms with Crippen molar-refractivity contribution < 1.29 is 14.3 Å². The van der Waals surface area contributed by atoms with Crippen LogP contribution in [-0.2, 0) is 4.74 Å². The molecule has 1 fully saturated rings. The van der Waals surface area contributed by atoms with Crippen LogP contribution in [0.3, 0.4) is 0 Å². The maximum atomic E-state index is 13.0. The third kappa shape index (κ3) is 5.09. The summed E-state index contributed by atoms with van der Waals surface area (Å²) in [6.45, 7) is 7.95. The molecule has 7 heteroatoms. The summed E-state index contributed by atoms with van der Waals surface area (Å²) in [5, 5.41) is 0. The van der Waals surface area contributed by atoms with Crippen molar-refractivity contribution in [2.75, 3.05) is 52.1 Å². The van der Waals surface area contributed by atoms with Gasteiger partial charge in [0.1, 0.15) is 0 Å². The molecule has 1 saturated heterocycles. The van der Waals surface area contributed by atoms with Gasteiger partial charge in [0.2, 0.25) is 0 Å². The highest BCUT2D eigenvalue weighted by atomic mass is 16.6. The molecule has 0 spiro atoms. The summed E-state index contributed by atoms with van der Waals surface area (Å²) in [6, 6.07) is 13.3. The molecule has 2 aromatic carbocycles. The van der Waals surface area contributed by atoms with Gasteiger partial charge in [-0.3, -0.25) is 9.69 Å². The van der Waals surface area contributed by atoms with Crippen molar-refractivity contribution in [1.82, 2.24) is 14.7 Å². The number of rotatable bonds is 4. The Kier molecular flexibility index (Phi) is 7.22. The molecule has 34 heavy (non-hydrogen) atoms. The van der Waals surface area contributed by atoms with Gasteiger partial charge >= 0.3 is 6.09 Å². The van der Waals surface area contributed by atoms with E-state index in [0.29, 0.717) is 25.1 Å². The van der Waals surface area contributed by atoms with Gasteiger partial charge in [0.15, 0.2) is 0 Å². The molecule has 0 radical (unpaired) electrons. The van der Waals surface area contributed by atoms with Gasteiger partial charge < -0.3 is 20.3 Å². The van der Waals surface area contributed by atoms with Crippen molar-refractivity contribution in [3.63, 3.8) is 0 Å². The van der Waals surface area contributed by atoms with Crippen LogP contribution < -0.4 is 5.73 Å². The first kappa shape index (κ1) is 23.8. The number of likely N-dealkylation sites (N-methyl/N-ethyl adjacent to an activating group) is 1. The SMILES string of the molecule is CCOC(=O)N1CCC(c2cc(C)ccc2N)=CC1c1ccc(C(=O)N2CCN(C)CC2)cc1. The van der Waals surface area contributed by atoms with Crippen LogP contribution in [0.4, 0.5) is 10.5 Å². The number of anilines is 1. The molecule has 1 unspecified atom stereocenters. The first-order valence-electron chi connectivity index (χ1n) is 12.0. The van der Waals surface area contributed by atoms with Gasteiger partial charge in [0, 0.05) is 49.5 Å². The molecule has 2 N–H and O–H groups in total. The second-order valence-electron chi connectivity index (χ2n) is 9.09. The molecule has 7 nitrogen and oxygen atoms in total. The average molecular weight is 463 g/mol. The van der Waals surface area contributed by atoms with Crippen LogP contribution in [0.15, 0.2) is 48.5 Å². The van der Waals surface area contributed by atoms with Crippen LogP contribution in [0.2, 0.25) is 0 Å². The zero-order chi connectivity index (χ0) is 24.2. The molecule has 2 aliphatic heterocycles. The second kappa shape index (κ2) is 10.3. The van der Waals surface area contributed by atoms with Crippen LogP contribution in [-0.4, -0.2) is 73.1 Å². The minimum atomic E-state index is -0.336. The van der Waals surface area contributed by atoms with Gasteiger partial charge in [-0.25, -0.2) is 4.79 Å². The predicted molar refractivity (Wildman–Crippen MR) is 134 cm³/mol. The van der Waals surface area contributed by atoms with E-state index in [1.54, 1.807) is 4.90 Å². The van der Waals surface area contributed by atoms with Gasteiger partial charge in [0.05, 0.1) is 12.6 Å². The Morgan fingerprint density at radius 2 is 1.74 bits per heavy atom. The van der Waals surface area contributed by atoms with Crippen LogP contribution >= 0.6 is 0 Å². The number of aryl methyl sites for hydroxylation is 1. The molecule has 0 aliphatic carbocycles. The Morgan fingerprint density at radius 3 is 2.41 bits per heavy atom. The molecule has 4 rings (SSSR count). The standard InChI is InChI=1S/C27H34N4O3/c1-4-34-27(33)31-12-11-22(23-17-19(2)5-10-24(23)28)18-25(31)20-6-8-21(9-7-20)26(32)30-15-13-29(3)14-16-30/h5-10,17-18,25H,4,11-16,28H2,1-3H3. The number of ether oxygens (including phenoxy) is 1. The smallest absolute Gasteiger partial charge is 0.410 e. The van der Waals surface area contributed by atoms with Crippen molar-refractivity contribution in [3.05, 3.63) is 70.8 Å². The first-order valence-corrected chi connectivity index (χ1v) is 12.0. The number of nitrogens with zero attached hydrogens (tertiary/aromatic N) is 3. The molecular weight excluding hydrogens is 428 g/mol. The predicted octanol–water partition coefficient (Wildman–Crippen LogP) is 3.95. The maximum absolute atomic E-state index is 13.0. The molecule has 2 heterocycles. The Hall–Kier alpha value is -3.32. The fourth-order valence-electron chi connectivity index (χ4n) is 4.62. The quantitative estimate of drug-likeness (QED) is 0.696. The minimum Gasteiger partial charge on any atom is -0.450 e. The van der Waals surface area contributed by atoms with E-state index >= 15 is 0 Å². The lowest BCUT2D eigenvalue weighted by molar-refractivity contribution is 0.0663. The number of carbonyl (C=O) groups is 2. The van der Waals surface area contributed by atoms with Gasteiger partial charge in [-0.15, -0.1) is 0 Å². The third-order valence-corrected chi connectivity index (χ3v) is 6.66. The van der Waals surface area contributed by atoms with Gasteiger partial charge in [-0.2, -0.15) is 0 Å². The second-order valence-corrected chi connectivity index (χ2v) is 9.09. The van der Waals surface area contributed by atoms with Crippen molar-refractivity contribution >= 4 is 23.3 Å². The number of piperazine rings is 1. The van der Waals surface area contributed by atoms with E-state index in [-0.39, 0.29) is 18.0 Å². The van der Waals surface area contributed by atoms with Crippen LogP contribution in [0.5, 0.6) is 0 Å². The van der Waals surface area contributed by atoms with E-state index in [1.807, 2.05) is 55.1 Å². The topological polar surface area (TPSA) is 79.1 Å². The van der Waals surface area contributed by atoms with Gasteiger partial charge in [-0.1, -0.05) is 29.8 Å². The molecular formula is C27H34N4O3. The summed E-state index contributed by atoms with van der Waals surface area (Å²) in [7, 11) is 2.07. The van der Waals surface area contributed by atoms with Crippen LogP contribution in [0.1, 0.15) is 46.4 Å². The van der Waals surface area contributed by atoms with Gasteiger partial charge in [-0.05, 0) is 62.7 Å². The summed E-state index contributed by atoms with van der Waals surface area (Å²) in [5.41, 5.74) is 11.9. The zero-order valence-electron chi connectivity index (χ0n) is 20.3. The Balaban J connectivity index is 1.62. The van der Waals surface area contributed by atoms with Crippen LogP contribution in [0, 0.1) is 6.92 Å². The summed E-state index contributed by atoms with van der Waals surface area (Å²) < 4.78 is 5.34. The Labute approximate surface area is 201 Å². The molecule has 2 aliphatic rings. The summed E-state index contributed by atoms with van der Waals surface area (Å²) >= 11 is 0. The fraction of sp³-hybridized carbons (Fsp3) is 0.407. The number of hydrogen-bond donors (Lipinski definition) is 1. The number of nitrogens with two attached hydrogens (primary N) is 1. The Morgan fingerprint density at radius 1 is 1.03 bits per heavy atom. The molecule has 180 valence electrons. The lowest BCUT2D eigenvalue weighted by atomic mass is 9.90. The van der Waals surface area contributed by atoms with E-state index in [4.69, 9.17) is 10.5 Å². The van der Waals surface area contributed by atoms with E-state index in [0.717, 1.165) is 54.1 Å². The average Bonchev–Trinajstić information content (AvgIpc) is 2.85. The van der Waals surface area contributed by atoms with E-state index in [1.165, 1.54) is 0 Å². The summed E-state index contributed by atoms with van der Waals surface area (Å²) in [6.07, 6.45) is 2.46. The van der Waals surface area contributed by atoms with Crippen molar-refractivity contribution in [3.8, 4) is 0 Å². The molecule has 1 atom stereocenters. The molecule has 0 bridgehead atoms. The fourth-order valence-corrected chi connectivity index (χ4v) is 4.62. The highest BCUT2D eigenvalue weighted by Crippen LogP contribution is 2.36. The highest BCUT2D eigenvalue weighted by Gasteiger charge is 2.30. The number of carbonyl (C=O) groups excluding carboxylic acids is 2. The number of amides is 2. The minimum absolute atomic E-state index is 0.0503. The van der Waals surface area contributed by atoms with Crippen molar-refractivity contribution in [1.29, 1.82) is 0 Å².